The van der Waals surface area contributed by atoms with Crippen LogP contribution in [0, 0.1) is 5.41 Å². The highest BCUT2D eigenvalue weighted by Gasteiger charge is 2.38. The van der Waals surface area contributed by atoms with Gasteiger partial charge in [0.15, 0.2) is 0 Å². The third kappa shape index (κ3) is 4.66. The van der Waals surface area contributed by atoms with Crippen LogP contribution in [0.5, 0.6) is 11.5 Å². The first-order valence-corrected chi connectivity index (χ1v) is 7.89. The summed E-state index contributed by atoms with van der Waals surface area (Å²) in [7, 11) is 3.45. The zero-order valence-electron chi connectivity index (χ0n) is 14.0. The fourth-order valence-electron chi connectivity index (χ4n) is 3.79. The van der Waals surface area contributed by atoms with Crippen LogP contribution in [0.25, 0.3) is 0 Å². The number of nitrogens with zero attached hydrogens (tertiary/aromatic N) is 1. The van der Waals surface area contributed by atoms with Gasteiger partial charge in [0.2, 0.25) is 0 Å². The maximum atomic E-state index is 5.50. The van der Waals surface area contributed by atoms with Crippen LogP contribution in [-0.4, -0.2) is 45.3 Å². The van der Waals surface area contributed by atoms with Crippen molar-refractivity contribution >= 4 is 24.8 Å². The minimum absolute atomic E-state index is 0. The zero-order valence-corrected chi connectivity index (χ0v) is 15.6. The van der Waals surface area contributed by atoms with Gasteiger partial charge in [-0.3, -0.25) is 4.90 Å². The van der Waals surface area contributed by atoms with E-state index in [9.17, 15) is 0 Å². The average molecular weight is 363 g/mol. The molecule has 2 aliphatic rings. The zero-order chi connectivity index (χ0) is 14.7. The largest absolute Gasteiger partial charge is 0.497 e. The molecule has 0 radical (unpaired) electrons. The highest BCUT2D eigenvalue weighted by atomic mass is 35.5. The first-order chi connectivity index (χ1) is 10.2. The Labute approximate surface area is 151 Å². The molecule has 1 N–H and O–H groups in total. The van der Waals surface area contributed by atoms with Crippen LogP contribution in [0.15, 0.2) is 18.2 Å². The van der Waals surface area contributed by atoms with Crippen LogP contribution in [-0.2, 0) is 6.54 Å². The van der Waals surface area contributed by atoms with Crippen molar-refractivity contribution < 1.29 is 9.47 Å². The van der Waals surface area contributed by atoms with Crippen molar-refractivity contribution in [3.8, 4) is 11.5 Å². The Morgan fingerprint density at radius 3 is 2.65 bits per heavy atom. The lowest BCUT2D eigenvalue weighted by Crippen LogP contribution is -2.41. The summed E-state index contributed by atoms with van der Waals surface area (Å²) in [5.41, 5.74) is 1.72. The fraction of sp³-hybridized carbons (Fsp3) is 0.647. The molecule has 132 valence electrons. The normalized spacial score (nSPS) is 23.9. The maximum absolute atomic E-state index is 5.50. The molecule has 23 heavy (non-hydrogen) atoms. The molecule has 0 bridgehead atoms. The number of hydrogen-bond donors (Lipinski definition) is 1. The van der Waals surface area contributed by atoms with Crippen LogP contribution in [0.4, 0.5) is 0 Å². The molecule has 2 aliphatic heterocycles. The summed E-state index contributed by atoms with van der Waals surface area (Å²) in [5.74, 6) is 1.86. The van der Waals surface area contributed by atoms with Gasteiger partial charge in [-0.25, -0.2) is 0 Å². The Morgan fingerprint density at radius 1 is 1.17 bits per heavy atom. The molecule has 0 saturated carbocycles. The number of benzene rings is 1. The third-order valence-corrected chi connectivity index (χ3v) is 4.96. The molecule has 1 spiro atoms. The van der Waals surface area contributed by atoms with Crippen LogP contribution in [0.3, 0.4) is 0 Å². The van der Waals surface area contributed by atoms with Gasteiger partial charge in [-0.05, 0) is 56.0 Å². The molecule has 0 aliphatic carbocycles. The Hall–Kier alpha value is -0.680. The minimum atomic E-state index is 0. The number of hydrogen-bond acceptors (Lipinski definition) is 4. The number of piperidine rings is 1. The van der Waals surface area contributed by atoms with E-state index in [1.165, 1.54) is 51.0 Å². The van der Waals surface area contributed by atoms with E-state index < -0.39 is 0 Å². The van der Waals surface area contributed by atoms with Crippen molar-refractivity contribution in [1.82, 2.24) is 10.2 Å². The Bertz CT molecular complexity index is 493. The number of likely N-dealkylation sites (tertiary alicyclic amines) is 1. The third-order valence-electron chi connectivity index (χ3n) is 4.96. The Balaban J connectivity index is 0.00000132. The van der Waals surface area contributed by atoms with E-state index in [0.717, 1.165) is 18.0 Å². The van der Waals surface area contributed by atoms with Gasteiger partial charge in [-0.1, -0.05) is 0 Å². The van der Waals surface area contributed by atoms with E-state index in [2.05, 4.69) is 16.3 Å². The molecule has 1 aromatic carbocycles. The van der Waals surface area contributed by atoms with Crippen LogP contribution in [0.2, 0.25) is 0 Å². The summed E-state index contributed by atoms with van der Waals surface area (Å²) in [6.45, 7) is 5.69. The Kier molecular flexibility index (Phi) is 7.95. The molecule has 3 rings (SSSR count). The van der Waals surface area contributed by atoms with Gasteiger partial charge in [0.1, 0.15) is 11.5 Å². The first kappa shape index (κ1) is 20.4. The predicted octanol–water partition coefficient (Wildman–Crippen LogP) is 3.12. The van der Waals surface area contributed by atoms with Gasteiger partial charge in [-0.15, -0.1) is 24.8 Å². The second kappa shape index (κ2) is 8.97. The molecule has 0 aromatic heterocycles. The van der Waals surface area contributed by atoms with E-state index in [1.807, 2.05) is 12.1 Å². The quantitative estimate of drug-likeness (QED) is 0.891. The second-order valence-electron chi connectivity index (χ2n) is 6.42. The highest BCUT2D eigenvalue weighted by Crippen LogP contribution is 2.37. The molecular weight excluding hydrogens is 335 g/mol. The molecule has 1 unspecified atom stereocenters. The predicted molar refractivity (Wildman–Crippen MR) is 98.5 cm³/mol. The molecule has 2 heterocycles. The topological polar surface area (TPSA) is 33.7 Å². The smallest absolute Gasteiger partial charge is 0.123 e. The van der Waals surface area contributed by atoms with Gasteiger partial charge >= 0.3 is 0 Å². The van der Waals surface area contributed by atoms with Gasteiger partial charge < -0.3 is 14.8 Å². The van der Waals surface area contributed by atoms with Crippen LogP contribution < -0.4 is 14.8 Å². The fourth-order valence-corrected chi connectivity index (χ4v) is 3.79. The molecular formula is C17H28Cl2N2O2. The highest BCUT2D eigenvalue weighted by molar-refractivity contribution is 5.85. The number of methoxy groups -OCH3 is 2. The molecule has 4 nitrogen and oxygen atoms in total. The van der Waals surface area contributed by atoms with E-state index in [1.54, 1.807) is 14.2 Å². The molecule has 1 atom stereocenters. The van der Waals surface area contributed by atoms with E-state index in [0.29, 0.717) is 5.41 Å². The number of rotatable bonds is 4. The summed E-state index contributed by atoms with van der Waals surface area (Å²) in [6, 6.07) is 6.06. The monoisotopic (exact) mass is 362 g/mol. The van der Waals surface area contributed by atoms with Gasteiger partial charge in [0, 0.05) is 25.2 Å². The summed E-state index contributed by atoms with van der Waals surface area (Å²) in [6.07, 6.45) is 3.99. The summed E-state index contributed by atoms with van der Waals surface area (Å²) < 4.78 is 10.8. The van der Waals surface area contributed by atoms with Crippen molar-refractivity contribution in [1.29, 1.82) is 0 Å². The van der Waals surface area contributed by atoms with E-state index >= 15 is 0 Å². The lowest BCUT2D eigenvalue weighted by atomic mass is 9.80. The number of nitrogens with one attached hydrogen (secondary N) is 1. The number of ether oxygens (including phenoxy) is 2. The molecule has 6 heteroatoms. The van der Waals surface area contributed by atoms with Crippen molar-refractivity contribution in [2.45, 2.75) is 25.8 Å². The van der Waals surface area contributed by atoms with E-state index in [-0.39, 0.29) is 24.8 Å². The maximum Gasteiger partial charge on any atom is 0.123 e. The van der Waals surface area contributed by atoms with Crippen molar-refractivity contribution in [2.75, 3.05) is 40.4 Å². The van der Waals surface area contributed by atoms with Crippen molar-refractivity contribution in [3.05, 3.63) is 23.8 Å². The number of halogens is 2. The lowest BCUT2D eigenvalue weighted by Gasteiger charge is -2.34. The summed E-state index contributed by atoms with van der Waals surface area (Å²) in [4.78, 5) is 2.56. The SMILES string of the molecule is COc1ccc(OC)c(CN2CCC3(CCCNC3)C2)c1.Cl.Cl. The minimum Gasteiger partial charge on any atom is -0.497 e. The molecule has 0 amide bonds. The second-order valence-corrected chi connectivity index (χ2v) is 6.42. The van der Waals surface area contributed by atoms with Crippen LogP contribution in [0.1, 0.15) is 24.8 Å². The molecule has 2 saturated heterocycles. The molecule has 1 aromatic rings. The van der Waals surface area contributed by atoms with E-state index in [4.69, 9.17) is 9.47 Å². The Morgan fingerprint density at radius 2 is 2.00 bits per heavy atom. The van der Waals surface area contributed by atoms with Crippen molar-refractivity contribution in [3.63, 3.8) is 0 Å². The average Bonchev–Trinajstić information content (AvgIpc) is 2.90. The lowest BCUT2D eigenvalue weighted by molar-refractivity contribution is 0.198. The first-order valence-electron chi connectivity index (χ1n) is 7.89. The standard InChI is InChI=1S/C17H26N2O2.2ClH/c1-20-15-4-5-16(21-2)14(10-15)11-19-9-7-17(13-19)6-3-8-18-12-17;;/h4-5,10,18H,3,6-9,11-13H2,1-2H3;2*1H. The van der Waals surface area contributed by atoms with Gasteiger partial charge in [0.25, 0.3) is 0 Å². The summed E-state index contributed by atoms with van der Waals surface area (Å²) in [5, 5.41) is 3.57. The van der Waals surface area contributed by atoms with Gasteiger partial charge in [-0.2, -0.15) is 0 Å². The van der Waals surface area contributed by atoms with Crippen LogP contribution >= 0.6 is 24.8 Å². The molecule has 2 fully saturated rings. The van der Waals surface area contributed by atoms with Gasteiger partial charge in [0.05, 0.1) is 14.2 Å². The van der Waals surface area contributed by atoms with Crippen molar-refractivity contribution in [2.24, 2.45) is 5.41 Å². The summed E-state index contributed by atoms with van der Waals surface area (Å²) >= 11 is 0.